The van der Waals surface area contributed by atoms with Crippen LogP contribution in [0.1, 0.15) is 11.1 Å². The van der Waals surface area contributed by atoms with E-state index in [0.717, 1.165) is 39.7 Å². The van der Waals surface area contributed by atoms with Crippen LogP contribution in [0.4, 0.5) is 5.13 Å². The maximum Gasteiger partial charge on any atom is 0.264 e. The van der Waals surface area contributed by atoms with E-state index in [0.29, 0.717) is 11.0 Å². The van der Waals surface area contributed by atoms with E-state index in [4.69, 9.17) is 9.47 Å². The smallest absolute Gasteiger partial charge is 0.264 e. The second-order valence-corrected chi connectivity index (χ2v) is 6.46. The van der Waals surface area contributed by atoms with E-state index >= 15 is 0 Å². The van der Waals surface area contributed by atoms with Crippen molar-refractivity contribution in [3.05, 3.63) is 53.6 Å². The summed E-state index contributed by atoms with van der Waals surface area (Å²) < 4.78 is 15.1. The summed E-state index contributed by atoms with van der Waals surface area (Å²) in [6.45, 7) is 3.82. The van der Waals surface area contributed by atoms with Crippen molar-refractivity contribution in [3.8, 4) is 22.9 Å². The molecule has 6 nitrogen and oxygen atoms in total. The number of aryl methyl sites for hydroxylation is 2. The number of hydrogen-bond acceptors (Lipinski definition) is 6. The summed E-state index contributed by atoms with van der Waals surface area (Å²) in [4.78, 5) is 16.5. The molecule has 26 heavy (non-hydrogen) atoms. The molecule has 134 valence electrons. The van der Waals surface area contributed by atoms with Crippen LogP contribution in [0.2, 0.25) is 0 Å². The van der Waals surface area contributed by atoms with Crippen LogP contribution in [0.5, 0.6) is 11.5 Å². The number of carbonyl (C=O) groups is 1. The minimum atomic E-state index is -0.277. The van der Waals surface area contributed by atoms with E-state index in [1.165, 1.54) is 0 Å². The number of rotatable bonds is 6. The second kappa shape index (κ2) is 7.97. The highest BCUT2D eigenvalue weighted by Crippen LogP contribution is 2.25. The van der Waals surface area contributed by atoms with Gasteiger partial charge in [-0.25, -0.2) is 0 Å². The number of amides is 1. The summed E-state index contributed by atoms with van der Waals surface area (Å²) in [5, 5.41) is 3.15. The lowest BCUT2D eigenvalue weighted by molar-refractivity contribution is -0.118. The molecule has 0 fully saturated rings. The van der Waals surface area contributed by atoms with Crippen molar-refractivity contribution in [1.29, 1.82) is 0 Å². The average Bonchev–Trinajstić information content (AvgIpc) is 3.10. The molecule has 0 radical (unpaired) electrons. The highest BCUT2D eigenvalue weighted by atomic mass is 32.1. The number of nitrogens with zero attached hydrogens (tertiary/aromatic N) is 2. The molecule has 1 N–H and O–H groups in total. The van der Waals surface area contributed by atoms with E-state index in [-0.39, 0.29) is 12.5 Å². The van der Waals surface area contributed by atoms with E-state index in [9.17, 15) is 4.79 Å². The van der Waals surface area contributed by atoms with Gasteiger partial charge in [0.25, 0.3) is 5.91 Å². The van der Waals surface area contributed by atoms with Gasteiger partial charge in [-0.2, -0.15) is 9.36 Å². The van der Waals surface area contributed by atoms with E-state index in [1.807, 2.05) is 56.3 Å². The number of para-hydroxylation sites is 1. The van der Waals surface area contributed by atoms with Gasteiger partial charge in [0.2, 0.25) is 5.13 Å². The second-order valence-electron chi connectivity index (χ2n) is 5.71. The zero-order chi connectivity index (χ0) is 18.5. The lowest BCUT2D eigenvalue weighted by Gasteiger charge is -2.11. The van der Waals surface area contributed by atoms with Gasteiger partial charge in [0, 0.05) is 17.1 Å². The predicted molar refractivity (Wildman–Crippen MR) is 102 cm³/mol. The molecule has 0 unspecified atom stereocenters. The number of anilines is 1. The molecule has 0 aliphatic carbocycles. The molecule has 0 saturated carbocycles. The van der Waals surface area contributed by atoms with Gasteiger partial charge in [-0.15, -0.1) is 0 Å². The fourth-order valence-corrected chi connectivity index (χ4v) is 3.08. The molecule has 1 aromatic heterocycles. The van der Waals surface area contributed by atoms with E-state index in [2.05, 4.69) is 14.7 Å². The number of nitrogens with one attached hydrogen (secondary N) is 1. The molecule has 0 saturated heterocycles. The number of benzene rings is 2. The van der Waals surface area contributed by atoms with Crippen molar-refractivity contribution >= 4 is 22.6 Å². The maximum absolute atomic E-state index is 12.1. The SMILES string of the molecule is COc1cccc(-c2nsc(NC(=O)COc3c(C)cccc3C)n2)c1. The Labute approximate surface area is 156 Å². The molecule has 3 aromatic rings. The van der Waals surface area contributed by atoms with Crippen LogP contribution in [-0.4, -0.2) is 29.0 Å². The summed E-state index contributed by atoms with van der Waals surface area (Å²) in [6, 6.07) is 13.3. The van der Waals surface area contributed by atoms with Crippen molar-refractivity contribution in [3.63, 3.8) is 0 Å². The zero-order valence-corrected chi connectivity index (χ0v) is 15.6. The van der Waals surface area contributed by atoms with Gasteiger partial charge >= 0.3 is 0 Å². The van der Waals surface area contributed by atoms with Gasteiger partial charge in [0.1, 0.15) is 11.5 Å². The van der Waals surface area contributed by atoms with Crippen molar-refractivity contribution in [2.45, 2.75) is 13.8 Å². The largest absolute Gasteiger partial charge is 0.497 e. The Balaban J connectivity index is 1.62. The number of ether oxygens (including phenoxy) is 2. The standard InChI is InChI=1S/C19H19N3O3S/c1-12-6-4-7-13(2)17(12)25-11-16(23)20-19-21-18(22-26-19)14-8-5-9-15(10-14)24-3/h4-10H,11H2,1-3H3,(H,20,21,22,23). The van der Waals surface area contributed by atoms with Crippen molar-refractivity contribution in [2.24, 2.45) is 0 Å². The van der Waals surface area contributed by atoms with Gasteiger partial charge in [0.05, 0.1) is 7.11 Å². The minimum absolute atomic E-state index is 0.0836. The highest BCUT2D eigenvalue weighted by Gasteiger charge is 2.12. The normalized spacial score (nSPS) is 10.4. The van der Waals surface area contributed by atoms with Gasteiger partial charge in [-0.05, 0) is 37.1 Å². The Morgan fingerprint density at radius 1 is 1.15 bits per heavy atom. The van der Waals surface area contributed by atoms with Crippen LogP contribution >= 0.6 is 11.5 Å². The molecule has 0 aliphatic heterocycles. The molecule has 7 heteroatoms. The Kier molecular flexibility index (Phi) is 5.48. The topological polar surface area (TPSA) is 73.3 Å². The summed E-state index contributed by atoms with van der Waals surface area (Å²) >= 11 is 1.12. The Hall–Kier alpha value is -2.93. The molecule has 2 aromatic carbocycles. The van der Waals surface area contributed by atoms with Crippen LogP contribution in [0, 0.1) is 13.8 Å². The predicted octanol–water partition coefficient (Wildman–Crippen LogP) is 3.85. The monoisotopic (exact) mass is 369 g/mol. The lowest BCUT2D eigenvalue weighted by atomic mass is 10.1. The Morgan fingerprint density at radius 3 is 2.62 bits per heavy atom. The highest BCUT2D eigenvalue weighted by molar-refractivity contribution is 7.10. The molecular weight excluding hydrogens is 350 g/mol. The molecular formula is C19H19N3O3S. The number of carbonyl (C=O) groups excluding carboxylic acids is 1. The fraction of sp³-hybridized carbons (Fsp3) is 0.211. The number of methoxy groups -OCH3 is 1. The molecule has 0 spiro atoms. The summed E-state index contributed by atoms with van der Waals surface area (Å²) in [7, 11) is 1.61. The molecule has 1 amide bonds. The summed E-state index contributed by atoms with van der Waals surface area (Å²) in [5.41, 5.74) is 2.82. The molecule has 0 atom stereocenters. The maximum atomic E-state index is 12.1. The molecule has 1 heterocycles. The first-order valence-electron chi connectivity index (χ1n) is 8.04. The summed E-state index contributed by atoms with van der Waals surface area (Å²) in [6.07, 6.45) is 0. The van der Waals surface area contributed by atoms with Crippen molar-refractivity contribution in [2.75, 3.05) is 19.0 Å². The molecule has 0 aliphatic rings. The van der Waals surface area contributed by atoms with Gasteiger partial charge < -0.3 is 9.47 Å². The van der Waals surface area contributed by atoms with Gasteiger partial charge in [0.15, 0.2) is 12.4 Å². The van der Waals surface area contributed by atoms with Gasteiger partial charge in [-0.1, -0.05) is 30.3 Å². The Bertz CT molecular complexity index is 904. The van der Waals surface area contributed by atoms with Crippen molar-refractivity contribution in [1.82, 2.24) is 9.36 Å². The zero-order valence-electron chi connectivity index (χ0n) is 14.8. The van der Waals surface area contributed by atoms with Crippen molar-refractivity contribution < 1.29 is 14.3 Å². The average molecular weight is 369 g/mol. The Morgan fingerprint density at radius 2 is 1.88 bits per heavy atom. The van der Waals surface area contributed by atoms with Crippen LogP contribution in [-0.2, 0) is 4.79 Å². The van der Waals surface area contributed by atoms with Gasteiger partial charge in [-0.3, -0.25) is 10.1 Å². The third-order valence-corrected chi connectivity index (χ3v) is 4.39. The van der Waals surface area contributed by atoms with Crippen LogP contribution < -0.4 is 14.8 Å². The van der Waals surface area contributed by atoms with E-state index < -0.39 is 0 Å². The van der Waals surface area contributed by atoms with Crippen LogP contribution in [0.3, 0.4) is 0 Å². The van der Waals surface area contributed by atoms with E-state index in [1.54, 1.807) is 7.11 Å². The first-order chi connectivity index (χ1) is 12.6. The molecule has 3 rings (SSSR count). The lowest BCUT2D eigenvalue weighted by Crippen LogP contribution is -2.20. The number of aromatic nitrogens is 2. The molecule has 0 bridgehead atoms. The van der Waals surface area contributed by atoms with Crippen LogP contribution in [0.25, 0.3) is 11.4 Å². The van der Waals surface area contributed by atoms with Crippen LogP contribution in [0.15, 0.2) is 42.5 Å². The first kappa shape index (κ1) is 17.9. The minimum Gasteiger partial charge on any atom is -0.497 e. The quantitative estimate of drug-likeness (QED) is 0.714. The third kappa shape index (κ3) is 4.18. The fourth-order valence-electron chi connectivity index (χ4n) is 2.47. The summed E-state index contributed by atoms with van der Waals surface area (Å²) in [5.74, 6) is 1.72. The third-order valence-electron chi connectivity index (χ3n) is 3.76. The number of hydrogen-bond donors (Lipinski definition) is 1. The first-order valence-corrected chi connectivity index (χ1v) is 8.81.